The number of aryl methyl sites for hydroxylation is 2. The highest BCUT2D eigenvalue weighted by atomic mass is 16.5. The van der Waals surface area contributed by atoms with Gasteiger partial charge in [-0.3, -0.25) is 0 Å². The first kappa shape index (κ1) is 10.6. The fraction of sp³-hybridized carbons (Fsp3) is 0.231. The van der Waals surface area contributed by atoms with Crippen molar-refractivity contribution in [3.8, 4) is 17.1 Å². The van der Waals surface area contributed by atoms with Crippen LogP contribution in [0.15, 0.2) is 30.5 Å². The Kier molecular flexibility index (Phi) is 2.86. The molecule has 82 valence electrons. The van der Waals surface area contributed by atoms with Crippen molar-refractivity contribution < 1.29 is 4.74 Å². The van der Waals surface area contributed by atoms with E-state index in [-0.39, 0.29) is 0 Å². The molecule has 2 aromatic rings. The summed E-state index contributed by atoms with van der Waals surface area (Å²) in [4.78, 5) is 8.38. The van der Waals surface area contributed by atoms with E-state index < -0.39 is 0 Å². The topological polar surface area (TPSA) is 35.0 Å². The van der Waals surface area contributed by atoms with Gasteiger partial charge in [0.15, 0.2) is 0 Å². The minimum absolute atomic E-state index is 0.411. The Morgan fingerprint density at radius 3 is 2.31 bits per heavy atom. The molecule has 0 aliphatic rings. The summed E-state index contributed by atoms with van der Waals surface area (Å²) in [7, 11) is 1.57. The van der Waals surface area contributed by atoms with Gasteiger partial charge >= 0.3 is 6.01 Å². The summed E-state index contributed by atoms with van der Waals surface area (Å²) in [5.41, 5.74) is 4.35. The minimum Gasteiger partial charge on any atom is -0.467 e. The lowest BCUT2D eigenvalue weighted by molar-refractivity contribution is 0.379. The van der Waals surface area contributed by atoms with Crippen LogP contribution in [0.4, 0.5) is 0 Å². The van der Waals surface area contributed by atoms with E-state index in [4.69, 9.17) is 4.74 Å². The molecule has 0 saturated heterocycles. The molecule has 3 nitrogen and oxygen atoms in total. The molecule has 0 amide bonds. The summed E-state index contributed by atoms with van der Waals surface area (Å²) in [5, 5.41) is 0. The van der Waals surface area contributed by atoms with Gasteiger partial charge < -0.3 is 4.74 Å². The largest absolute Gasteiger partial charge is 0.467 e. The molecule has 0 unspecified atom stereocenters. The van der Waals surface area contributed by atoms with Crippen molar-refractivity contribution in [1.82, 2.24) is 9.97 Å². The first-order valence-electron chi connectivity index (χ1n) is 5.15. The van der Waals surface area contributed by atoms with Gasteiger partial charge in [0.25, 0.3) is 0 Å². The lowest BCUT2D eigenvalue weighted by atomic mass is 10.1. The molecule has 1 aromatic heterocycles. The van der Waals surface area contributed by atoms with Gasteiger partial charge in [-0.05, 0) is 19.4 Å². The van der Waals surface area contributed by atoms with Crippen molar-refractivity contribution in [3.05, 3.63) is 41.7 Å². The second-order valence-corrected chi connectivity index (χ2v) is 3.72. The molecule has 0 bridgehead atoms. The van der Waals surface area contributed by atoms with E-state index in [2.05, 4.69) is 41.2 Å². The van der Waals surface area contributed by atoms with Crippen molar-refractivity contribution >= 4 is 0 Å². The van der Waals surface area contributed by atoms with Crippen LogP contribution in [0.2, 0.25) is 0 Å². The zero-order chi connectivity index (χ0) is 11.5. The summed E-state index contributed by atoms with van der Waals surface area (Å²) in [5.74, 6) is 0. The third kappa shape index (κ3) is 2.03. The second kappa shape index (κ2) is 4.31. The first-order valence-corrected chi connectivity index (χ1v) is 5.15. The average Bonchev–Trinajstić information content (AvgIpc) is 2.30. The maximum absolute atomic E-state index is 4.98. The molecule has 0 fully saturated rings. The highest BCUT2D eigenvalue weighted by Gasteiger charge is 2.05. The van der Waals surface area contributed by atoms with Crippen molar-refractivity contribution in [1.29, 1.82) is 0 Å². The standard InChI is InChI=1S/C13H14N2O/c1-9-4-6-11(7-5-9)12-8-14-13(16-3)15-10(12)2/h4-8H,1-3H3. The molecule has 0 spiro atoms. The SMILES string of the molecule is COc1ncc(-c2ccc(C)cc2)c(C)n1. The van der Waals surface area contributed by atoms with Gasteiger partial charge in [-0.25, -0.2) is 4.98 Å². The summed E-state index contributed by atoms with van der Waals surface area (Å²) in [6, 6.07) is 8.73. The number of ether oxygens (including phenoxy) is 1. The molecule has 2 rings (SSSR count). The smallest absolute Gasteiger partial charge is 0.316 e. The number of rotatable bonds is 2. The number of aromatic nitrogens is 2. The van der Waals surface area contributed by atoms with Crippen molar-refractivity contribution in [2.45, 2.75) is 13.8 Å². The van der Waals surface area contributed by atoms with Gasteiger partial charge in [-0.1, -0.05) is 29.8 Å². The Labute approximate surface area is 95.1 Å². The Balaban J connectivity index is 2.44. The lowest BCUT2D eigenvalue weighted by Crippen LogP contribution is -1.95. The number of hydrogen-bond donors (Lipinski definition) is 0. The van der Waals surface area contributed by atoms with Crippen LogP contribution in [0.3, 0.4) is 0 Å². The van der Waals surface area contributed by atoms with Crippen LogP contribution in [0.1, 0.15) is 11.3 Å². The molecule has 0 saturated carbocycles. The molecular formula is C13H14N2O. The van der Waals surface area contributed by atoms with Crippen LogP contribution >= 0.6 is 0 Å². The van der Waals surface area contributed by atoms with Gasteiger partial charge in [0, 0.05) is 11.8 Å². The minimum atomic E-state index is 0.411. The number of methoxy groups -OCH3 is 1. The van der Waals surface area contributed by atoms with Crippen LogP contribution in [0.25, 0.3) is 11.1 Å². The maximum atomic E-state index is 4.98. The Morgan fingerprint density at radius 2 is 1.75 bits per heavy atom. The van der Waals surface area contributed by atoms with E-state index >= 15 is 0 Å². The fourth-order valence-corrected chi connectivity index (χ4v) is 1.56. The molecule has 1 aromatic carbocycles. The second-order valence-electron chi connectivity index (χ2n) is 3.72. The number of nitrogens with zero attached hydrogens (tertiary/aromatic N) is 2. The highest BCUT2D eigenvalue weighted by molar-refractivity contribution is 5.65. The Morgan fingerprint density at radius 1 is 1.06 bits per heavy atom. The van der Waals surface area contributed by atoms with Gasteiger partial charge in [0.05, 0.1) is 12.8 Å². The van der Waals surface area contributed by atoms with Crippen molar-refractivity contribution in [2.75, 3.05) is 7.11 Å². The molecule has 0 aliphatic heterocycles. The predicted octanol–water partition coefficient (Wildman–Crippen LogP) is 2.77. The summed E-state index contributed by atoms with van der Waals surface area (Å²) in [6.07, 6.45) is 1.80. The molecule has 0 atom stereocenters. The Hall–Kier alpha value is -1.90. The van der Waals surface area contributed by atoms with Crippen LogP contribution in [0, 0.1) is 13.8 Å². The fourth-order valence-electron chi connectivity index (χ4n) is 1.56. The third-order valence-electron chi connectivity index (χ3n) is 2.50. The molecular weight excluding hydrogens is 200 g/mol. The van der Waals surface area contributed by atoms with Gasteiger partial charge in [0.1, 0.15) is 0 Å². The van der Waals surface area contributed by atoms with Crippen LogP contribution in [-0.2, 0) is 0 Å². The normalized spacial score (nSPS) is 10.2. The van der Waals surface area contributed by atoms with Crippen LogP contribution in [0.5, 0.6) is 6.01 Å². The van der Waals surface area contributed by atoms with Gasteiger partial charge in [-0.2, -0.15) is 4.98 Å². The monoisotopic (exact) mass is 214 g/mol. The van der Waals surface area contributed by atoms with E-state index in [1.807, 2.05) is 6.92 Å². The molecule has 1 heterocycles. The van der Waals surface area contributed by atoms with Crippen LogP contribution < -0.4 is 4.74 Å². The molecule has 0 N–H and O–H groups in total. The lowest BCUT2D eigenvalue weighted by Gasteiger charge is -2.06. The molecule has 0 aliphatic carbocycles. The third-order valence-corrected chi connectivity index (χ3v) is 2.50. The van der Waals surface area contributed by atoms with E-state index in [0.29, 0.717) is 6.01 Å². The van der Waals surface area contributed by atoms with E-state index in [1.165, 1.54) is 5.56 Å². The Bertz CT molecular complexity index is 492. The predicted molar refractivity (Wildman–Crippen MR) is 63.5 cm³/mol. The van der Waals surface area contributed by atoms with E-state index in [9.17, 15) is 0 Å². The summed E-state index contributed by atoms with van der Waals surface area (Å²) < 4.78 is 4.98. The maximum Gasteiger partial charge on any atom is 0.316 e. The first-order chi connectivity index (χ1) is 7.70. The average molecular weight is 214 g/mol. The van der Waals surface area contributed by atoms with Crippen molar-refractivity contribution in [3.63, 3.8) is 0 Å². The summed E-state index contributed by atoms with van der Waals surface area (Å²) >= 11 is 0. The van der Waals surface area contributed by atoms with Gasteiger partial charge in [-0.15, -0.1) is 0 Å². The quantitative estimate of drug-likeness (QED) is 0.771. The van der Waals surface area contributed by atoms with Crippen molar-refractivity contribution in [2.24, 2.45) is 0 Å². The van der Waals surface area contributed by atoms with Gasteiger partial charge in [0.2, 0.25) is 0 Å². The molecule has 0 radical (unpaired) electrons. The summed E-state index contributed by atoms with van der Waals surface area (Å²) in [6.45, 7) is 4.03. The number of hydrogen-bond acceptors (Lipinski definition) is 3. The van der Waals surface area contributed by atoms with E-state index in [0.717, 1.165) is 16.8 Å². The van der Waals surface area contributed by atoms with E-state index in [1.54, 1.807) is 13.3 Å². The molecule has 3 heteroatoms. The zero-order valence-electron chi connectivity index (χ0n) is 9.69. The highest BCUT2D eigenvalue weighted by Crippen LogP contribution is 2.22. The molecule has 16 heavy (non-hydrogen) atoms. The zero-order valence-corrected chi connectivity index (χ0v) is 9.69. The van der Waals surface area contributed by atoms with Crippen LogP contribution in [-0.4, -0.2) is 17.1 Å². The number of benzene rings is 1.